The maximum atomic E-state index is 12.8. The molecule has 1 atom stereocenters. The van der Waals surface area contributed by atoms with Crippen molar-refractivity contribution in [2.75, 3.05) is 13.2 Å². The minimum atomic E-state index is -0.794. The van der Waals surface area contributed by atoms with E-state index < -0.39 is 6.10 Å². The fraction of sp³-hybridized carbons (Fsp3) is 0.754. The van der Waals surface area contributed by atoms with Crippen LogP contribution in [0.1, 0.15) is 278 Å². The number of hydrogen-bond acceptors (Lipinski definition) is 6. The predicted molar refractivity (Wildman–Crippen MR) is 288 cm³/mol. The molecular weight excluding hydrogens is 829 g/mol. The second-order valence-corrected chi connectivity index (χ2v) is 18.8. The second kappa shape index (κ2) is 55.4. The molecule has 386 valence electrons. The van der Waals surface area contributed by atoms with Gasteiger partial charge in [-0.25, -0.2) is 0 Å². The highest BCUT2D eigenvalue weighted by Gasteiger charge is 2.19. The first kappa shape index (κ1) is 63.8. The molecule has 0 N–H and O–H groups in total. The zero-order valence-corrected chi connectivity index (χ0v) is 44.2. The lowest BCUT2D eigenvalue weighted by molar-refractivity contribution is -0.167. The van der Waals surface area contributed by atoms with Gasteiger partial charge in [0.05, 0.1) is 0 Å². The molecule has 0 saturated carbocycles. The summed E-state index contributed by atoms with van der Waals surface area (Å²) in [5.74, 6) is -0.920. The van der Waals surface area contributed by atoms with Crippen molar-refractivity contribution in [1.29, 1.82) is 0 Å². The minimum absolute atomic E-state index is 0.0888. The smallest absolute Gasteiger partial charge is 0.306 e. The van der Waals surface area contributed by atoms with Gasteiger partial charge in [0.15, 0.2) is 6.10 Å². The summed E-state index contributed by atoms with van der Waals surface area (Å²) in [6.07, 6.45) is 70.4. The van der Waals surface area contributed by atoms with Gasteiger partial charge in [0.1, 0.15) is 13.2 Å². The minimum Gasteiger partial charge on any atom is -0.462 e. The van der Waals surface area contributed by atoms with Crippen LogP contribution in [0.3, 0.4) is 0 Å². The Labute approximate surface area is 414 Å². The Hall–Kier alpha value is -3.15. The molecule has 1 unspecified atom stereocenters. The average molecular weight is 936 g/mol. The number of allylic oxidation sites excluding steroid dienone is 12. The Morgan fingerprint density at radius 3 is 0.925 bits per heavy atom. The maximum absolute atomic E-state index is 12.8. The van der Waals surface area contributed by atoms with E-state index in [1.54, 1.807) is 0 Å². The van der Waals surface area contributed by atoms with Gasteiger partial charge >= 0.3 is 17.9 Å². The molecule has 6 nitrogen and oxygen atoms in total. The Morgan fingerprint density at radius 2 is 0.582 bits per heavy atom. The second-order valence-electron chi connectivity index (χ2n) is 18.8. The van der Waals surface area contributed by atoms with Crippen molar-refractivity contribution in [3.63, 3.8) is 0 Å². The van der Waals surface area contributed by atoms with Gasteiger partial charge in [0, 0.05) is 19.3 Å². The van der Waals surface area contributed by atoms with E-state index in [0.717, 1.165) is 109 Å². The van der Waals surface area contributed by atoms with Crippen molar-refractivity contribution in [3.8, 4) is 0 Å². The molecule has 0 aromatic carbocycles. The first-order chi connectivity index (χ1) is 33.0. The summed E-state index contributed by atoms with van der Waals surface area (Å²) in [7, 11) is 0. The highest BCUT2D eigenvalue weighted by Crippen LogP contribution is 2.16. The van der Waals surface area contributed by atoms with Crippen LogP contribution in [0.25, 0.3) is 0 Å². The Bertz CT molecular complexity index is 1260. The number of ether oxygens (including phenoxy) is 3. The fourth-order valence-corrected chi connectivity index (χ4v) is 8.00. The normalized spacial score (nSPS) is 12.6. The van der Waals surface area contributed by atoms with Crippen LogP contribution >= 0.6 is 0 Å². The molecule has 0 bridgehead atoms. The van der Waals surface area contributed by atoms with Gasteiger partial charge in [-0.1, -0.05) is 248 Å². The third-order valence-corrected chi connectivity index (χ3v) is 12.2. The van der Waals surface area contributed by atoms with Gasteiger partial charge in [-0.3, -0.25) is 14.4 Å². The van der Waals surface area contributed by atoms with Crippen LogP contribution in [0.5, 0.6) is 0 Å². The van der Waals surface area contributed by atoms with Gasteiger partial charge in [-0.05, 0) is 83.5 Å². The molecule has 0 aliphatic carbocycles. The molecule has 0 spiro atoms. The largest absolute Gasteiger partial charge is 0.462 e. The quantitative estimate of drug-likeness (QED) is 0.0262. The zero-order valence-electron chi connectivity index (χ0n) is 44.2. The molecule has 0 saturated heterocycles. The zero-order chi connectivity index (χ0) is 48.6. The van der Waals surface area contributed by atoms with E-state index in [-0.39, 0.29) is 31.1 Å². The van der Waals surface area contributed by atoms with Crippen molar-refractivity contribution < 1.29 is 28.6 Å². The molecule has 0 aliphatic rings. The van der Waals surface area contributed by atoms with Gasteiger partial charge < -0.3 is 14.2 Å². The summed E-state index contributed by atoms with van der Waals surface area (Å²) in [6.45, 7) is 6.41. The van der Waals surface area contributed by atoms with E-state index in [9.17, 15) is 14.4 Å². The molecule has 0 heterocycles. The van der Waals surface area contributed by atoms with Crippen LogP contribution in [0, 0.1) is 0 Å². The predicted octanol–water partition coefficient (Wildman–Crippen LogP) is 19.0. The van der Waals surface area contributed by atoms with Crippen LogP contribution in [-0.2, 0) is 28.6 Å². The van der Waals surface area contributed by atoms with Gasteiger partial charge in [0.2, 0.25) is 0 Å². The van der Waals surface area contributed by atoms with Gasteiger partial charge in [-0.2, -0.15) is 0 Å². The summed E-state index contributed by atoms with van der Waals surface area (Å²) in [5, 5.41) is 0. The fourth-order valence-electron chi connectivity index (χ4n) is 8.00. The van der Waals surface area contributed by atoms with Gasteiger partial charge in [0.25, 0.3) is 0 Å². The SMILES string of the molecule is CC/C=C\C/C=C\C/C=C\C/C=C\CCCCCC(=O)OC(COC(=O)CCCCCCCCC/C=C\C/C=C\CC)COC(=O)CCCCCCCCCCCCCCCCCCCCC. The van der Waals surface area contributed by atoms with E-state index in [0.29, 0.717) is 19.3 Å². The van der Waals surface area contributed by atoms with E-state index in [2.05, 4.69) is 93.7 Å². The lowest BCUT2D eigenvalue weighted by atomic mass is 10.0. The van der Waals surface area contributed by atoms with Crippen molar-refractivity contribution in [2.24, 2.45) is 0 Å². The molecule has 0 aromatic heterocycles. The van der Waals surface area contributed by atoms with Crippen LogP contribution in [-0.4, -0.2) is 37.2 Å². The van der Waals surface area contributed by atoms with E-state index >= 15 is 0 Å². The van der Waals surface area contributed by atoms with Crippen molar-refractivity contribution in [1.82, 2.24) is 0 Å². The molecule has 0 aromatic rings. The molecule has 0 amide bonds. The molecule has 0 fully saturated rings. The molecular formula is C61H106O6. The molecule has 6 heteroatoms. The Balaban J connectivity index is 4.39. The van der Waals surface area contributed by atoms with Crippen molar-refractivity contribution >= 4 is 17.9 Å². The monoisotopic (exact) mass is 935 g/mol. The van der Waals surface area contributed by atoms with E-state index in [1.165, 1.54) is 128 Å². The number of carbonyl (C=O) groups is 3. The highest BCUT2D eigenvalue weighted by atomic mass is 16.6. The number of hydrogen-bond donors (Lipinski definition) is 0. The number of unbranched alkanes of at least 4 members (excludes halogenated alkanes) is 28. The Kier molecular flexibility index (Phi) is 52.8. The van der Waals surface area contributed by atoms with Crippen molar-refractivity contribution in [2.45, 2.75) is 284 Å². The Morgan fingerprint density at radius 1 is 0.313 bits per heavy atom. The van der Waals surface area contributed by atoms with Crippen LogP contribution < -0.4 is 0 Å². The van der Waals surface area contributed by atoms with Crippen LogP contribution in [0.15, 0.2) is 72.9 Å². The van der Waals surface area contributed by atoms with E-state index in [4.69, 9.17) is 14.2 Å². The standard InChI is InChI=1S/C61H106O6/c1-4-7-10-13-16-19-22-25-28-30-31-32-34-36-39-42-45-48-51-54-60(63)66-57-58(56-65-59(62)53-50-47-44-41-38-35-27-24-21-18-15-12-9-6-3)67-61(64)55-52-49-46-43-40-37-33-29-26-23-20-17-14-11-8-5-2/h8-9,11-12,17-18,20-21,26,29,37,40,58H,4-7,10,13-16,19,22-25,27-28,30-36,38-39,41-57H2,1-3H3/b11-8-,12-9-,20-17-,21-18-,29-26-,40-37-. The number of carbonyl (C=O) groups excluding carboxylic acids is 3. The highest BCUT2D eigenvalue weighted by molar-refractivity contribution is 5.71. The van der Waals surface area contributed by atoms with Gasteiger partial charge in [-0.15, -0.1) is 0 Å². The lowest BCUT2D eigenvalue weighted by Gasteiger charge is -2.18. The molecule has 0 radical (unpaired) electrons. The summed E-state index contributed by atoms with van der Waals surface area (Å²) in [6, 6.07) is 0. The summed E-state index contributed by atoms with van der Waals surface area (Å²) < 4.78 is 16.8. The number of esters is 3. The summed E-state index contributed by atoms with van der Waals surface area (Å²) in [5.41, 5.74) is 0. The van der Waals surface area contributed by atoms with Crippen molar-refractivity contribution in [3.05, 3.63) is 72.9 Å². The third-order valence-electron chi connectivity index (χ3n) is 12.2. The van der Waals surface area contributed by atoms with Crippen LogP contribution in [0.4, 0.5) is 0 Å². The van der Waals surface area contributed by atoms with E-state index in [1.807, 2.05) is 0 Å². The first-order valence-corrected chi connectivity index (χ1v) is 28.4. The topological polar surface area (TPSA) is 78.9 Å². The lowest BCUT2D eigenvalue weighted by Crippen LogP contribution is -2.30. The summed E-state index contributed by atoms with van der Waals surface area (Å²) in [4.78, 5) is 38.1. The summed E-state index contributed by atoms with van der Waals surface area (Å²) >= 11 is 0. The average Bonchev–Trinajstić information content (AvgIpc) is 3.33. The number of rotatable bonds is 51. The molecule has 67 heavy (non-hydrogen) atoms. The molecule has 0 aliphatic heterocycles. The van der Waals surface area contributed by atoms with Crippen LogP contribution in [0.2, 0.25) is 0 Å². The maximum Gasteiger partial charge on any atom is 0.306 e. The first-order valence-electron chi connectivity index (χ1n) is 28.4. The third kappa shape index (κ3) is 53.7. The molecule has 0 rings (SSSR count).